The molecule has 0 atom stereocenters. The molecule has 1 rings (SSSR count). The summed E-state index contributed by atoms with van der Waals surface area (Å²) in [5.41, 5.74) is 1.24. The van der Waals surface area contributed by atoms with E-state index in [1.54, 1.807) is 30.8 Å². The van der Waals surface area contributed by atoms with Crippen LogP contribution in [-0.4, -0.2) is 27.0 Å². The second-order valence-electron chi connectivity index (χ2n) is 6.00. The van der Waals surface area contributed by atoms with Gasteiger partial charge in [0.1, 0.15) is 5.75 Å². The molecule has 0 heterocycles. The van der Waals surface area contributed by atoms with E-state index in [-0.39, 0.29) is 10.3 Å². The molecule has 6 heteroatoms. The molecule has 0 aromatic heterocycles. The summed E-state index contributed by atoms with van der Waals surface area (Å²) < 4.78 is 29.2. The van der Waals surface area contributed by atoms with Crippen LogP contribution in [0.15, 0.2) is 17.0 Å². The molecule has 120 valence electrons. The van der Waals surface area contributed by atoms with Crippen LogP contribution in [0.1, 0.15) is 38.3 Å². The zero-order valence-electron chi connectivity index (χ0n) is 13.2. The lowest BCUT2D eigenvalue weighted by Crippen LogP contribution is -2.15. The van der Waals surface area contributed by atoms with E-state index in [0.29, 0.717) is 12.2 Å². The third kappa shape index (κ3) is 5.38. The Bertz CT molecular complexity index is 590. The van der Waals surface area contributed by atoms with Gasteiger partial charge in [-0.25, -0.2) is 8.42 Å². The molecule has 0 amide bonds. The number of hydrogen-bond donors (Lipinski definition) is 0. The highest BCUT2D eigenvalue weighted by atomic mass is 35.7. The van der Waals surface area contributed by atoms with Crippen molar-refractivity contribution in [3.8, 4) is 5.75 Å². The lowest BCUT2D eigenvalue weighted by molar-refractivity contribution is 0.309. The van der Waals surface area contributed by atoms with Gasteiger partial charge < -0.3 is 4.74 Å². The molecule has 0 saturated heterocycles. The summed E-state index contributed by atoms with van der Waals surface area (Å²) >= 11 is 1.78. The molecule has 0 aliphatic rings. The van der Waals surface area contributed by atoms with Gasteiger partial charge in [0.25, 0.3) is 9.05 Å². The number of thioether (sulfide) groups is 1. The number of hydrogen-bond acceptors (Lipinski definition) is 4. The van der Waals surface area contributed by atoms with Crippen molar-refractivity contribution in [2.45, 2.75) is 44.4 Å². The summed E-state index contributed by atoms with van der Waals surface area (Å²) in [4.78, 5) is 0.158. The maximum Gasteiger partial charge on any atom is 0.261 e. The first-order valence-corrected chi connectivity index (χ1v) is 10.5. The topological polar surface area (TPSA) is 43.4 Å². The van der Waals surface area contributed by atoms with Crippen molar-refractivity contribution in [3.63, 3.8) is 0 Å². The first-order valence-electron chi connectivity index (χ1n) is 6.79. The van der Waals surface area contributed by atoms with Gasteiger partial charge >= 0.3 is 0 Å². The normalized spacial score (nSPS) is 12.5. The number of benzene rings is 1. The van der Waals surface area contributed by atoms with Crippen LogP contribution in [0, 0.1) is 6.92 Å². The van der Waals surface area contributed by atoms with Gasteiger partial charge in [-0.3, -0.25) is 0 Å². The molecule has 0 saturated carbocycles. The summed E-state index contributed by atoms with van der Waals surface area (Å²) in [5.74, 6) is 1.78. The zero-order valence-corrected chi connectivity index (χ0v) is 15.6. The third-order valence-electron chi connectivity index (χ3n) is 3.10. The molecule has 1 aromatic rings. The molecule has 0 spiro atoms. The minimum Gasteiger partial charge on any atom is -0.493 e. The Morgan fingerprint density at radius 3 is 2.38 bits per heavy atom. The van der Waals surface area contributed by atoms with Crippen molar-refractivity contribution in [1.29, 1.82) is 0 Å². The lowest BCUT2D eigenvalue weighted by Gasteiger charge is -2.24. The van der Waals surface area contributed by atoms with Gasteiger partial charge in [0, 0.05) is 16.2 Å². The van der Waals surface area contributed by atoms with E-state index in [1.165, 1.54) is 0 Å². The average molecular weight is 351 g/mol. The van der Waals surface area contributed by atoms with Crippen LogP contribution in [0.2, 0.25) is 0 Å². The van der Waals surface area contributed by atoms with Crippen LogP contribution in [-0.2, 0) is 14.5 Å². The molecule has 3 nitrogen and oxygen atoms in total. The van der Waals surface area contributed by atoms with Gasteiger partial charge in [0.2, 0.25) is 0 Å². The van der Waals surface area contributed by atoms with Crippen LogP contribution in [0.5, 0.6) is 5.75 Å². The number of aryl methyl sites for hydroxylation is 1. The SMILES string of the molecule is CSCCCOc1cc(C)c(S(=O)(=O)Cl)cc1C(C)(C)C. The predicted octanol–water partition coefficient (Wildman–Crippen LogP) is 4.35. The Morgan fingerprint density at radius 1 is 1.29 bits per heavy atom. The molecule has 0 unspecified atom stereocenters. The minimum atomic E-state index is -3.75. The van der Waals surface area contributed by atoms with Crippen molar-refractivity contribution < 1.29 is 13.2 Å². The number of halogens is 1. The summed E-state index contributed by atoms with van der Waals surface area (Å²) in [6.07, 6.45) is 3.02. The van der Waals surface area contributed by atoms with E-state index in [9.17, 15) is 8.42 Å². The van der Waals surface area contributed by atoms with Crippen molar-refractivity contribution in [3.05, 3.63) is 23.3 Å². The van der Waals surface area contributed by atoms with Crippen LogP contribution in [0.25, 0.3) is 0 Å². The van der Waals surface area contributed by atoms with E-state index >= 15 is 0 Å². The molecule has 0 radical (unpaired) electrons. The highest BCUT2D eigenvalue weighted by molar-refractivity contribution is 8.13. The monoisotopic (exact) mass is 350 g/mol. The minimum absolute atomic E-state index is 0.158. The van der Waals surface area contributed by atoms with E-state index in [0.717, 1.165) is 23.5 Å². The molecule has 1 aromatic carbocycles. The van der Waals surface area contributed by atoms with Crippen LogP contribution in [0.3, 0.4) is 0 Å². The standard InChI is InChI=1S/C15H23ClO3S2/c1-11-9-13(19-7-6-8-20-5)12(15(2,3)4)10-14(11)21(16,17)18/h9-10H,6-8H2,1-5H3. The smallest absolute Gasteiger partial charge is 0.261 e. The molecule has 21 heavy (non-hydrogen) atoms. The second kappa shape index (κ2) is 7.25. The van der Waals surface area contributed by atoms with Crippen molar-refractivity contribution in [1.82, 2.24) is 0 Å². The summed E-state index contributed by atoms with van der Waals surface area (Å²) in [5, 5.41) is 0. The predicted molar refractivity (Wildman–Crippen MR) is 91.4 cm³/mol. The Balaban J connectivity index is 3.21. The maximum atomic E-state index is 11.7. The molecule has 0 aliphatic heterocycles. The molecule has 0 bridgehead atoms. The van der Waals surface area contributed by atoms with Gasteiger partial charge in [-0.15, -0.1) is 0 Å². The fraction of sp³-hybridized carbons (Fsp3) is 0.600. The summed E-state index contributed by atoms with van der Waals surface area (Å²) in [6, 6.07) is 3.41. The Labute approximate surface area is 136 Å². The highest BCUT2D eigenvalue weighted by Gasteiger charge is 2.24. The number of rotatable bonds is 6. The molecule has 0 aliphatic carbocycles. The Kier molecular flexibility index (Phi) is 6.44. The number of ether oxygens (including phenoxy) is 1. The van der Waals surface area contributed by atoms with E-state index in [2.05, 4.69) is 6.26 Å². The van der Waals surface area contributed by atoms with E-state index < -0.39 is 9.05 Å². The average Bonchev–Trinajstić information content (AvgIpc) is 2.31. The molecular formula is C15H23ClO3S2. The lowest BCUT2D eigenvalue weighted by atomic mass is 9.86. The van der Waals surface area contributed by atoms with Crippen LogP contribution >= 0.6 is 22.4 Å². The Morgan fingerprint density at radius 2 is 1.90 bits per heavy atom. The molecule has 0 fully saturated rings. The second-order valence-corrected chi connectivity index (χ2v) is 9.52. The largest absolute Gasteiger partial charge is 0.493 e. The molecule has 0 N–H and O–H groups in total. The maximum absolute atomic E-state index is 11.7. The van der Waals surface area contributed by atoms with Gasteiger partial charge in [-0.1, -0.05) is 20.8 Å². The first-order chi connectivity index (χ1) is 9.57. The van der Waals surface area contributed by atoms with Crippen molar-refractivity contribution in [2.24, 2.45) is 0 Å². The summed E-state index contributed by atoms with van der Waals surface area (Å²) in [6.45, 7) is 8.43. The quantitative estimate of drug-likeness (QED) is 0.565. The summed E-state index contributed by atoms with van der Waals surface area (Å²) in [7, 11) is 1.76. The fourth-order valence-corrected chi connectivity index (χ4v) is 3.62. The van der Waals surface area contributed by atoms with Crippen molar-refractivity contribution in [2.75, 3.05) is 18.6 Å². The van der Waals surface area contributed by atoms with Gasteiger partial charge in [-0.05, 0) is 48.5 Å². The van der Waals surface area contributed by atoms with Gasteiger partial charge in [0.05, 0.1) is 11.5 Å². The van der Waals surface area contributed by atoms with Crippen molar-refractivity contribution >= 4 is 31.5 Å². The first kappa shape index (κ1) is 18.7. The zero-order chi connectivity index (χ0) is 16.3. The third-order valence-corrected chi connectivity index (χ3v) is 5.26. The Hall–Kier alpha value is -0.390. The van der Waals surface area contributed by atoms with E-state index in [4.69, 9.17) is 15.4 Å². The van der Waals surface area contributed by atoms with Crippen LogP contribution in [0.4, 0.5) is 0 Å². The highest BCUT2D eigenvalue weighted by Crippen LogP contribution is 2.36. The molecular weight excluding hydrogens is 328 g/mol. The fourth-order valence-electron chi connectivity index (χ4n) is 2.02. The van der Waals surface area contributed by atoms with Gasteiger partial charge in [0.15, 0.2) is 0 Å². The van der Waals surface area contributed by atoms with Gasteiger partial charge in [-0.2, -0.15) is 11.8 Å². The van der Waals surface area contributed by atoms with Crippen LogP contribution < -0.4 is 4.74 Å². The van der Waals surface area contributed by atoms with E-state index in [1.807, 2.05) is 20.8 Å².